The van der Waals surface area contributed by atoms with Crippen LogP contribution in [0.4, 0.5) is 20.6 Å². The maximum absolute atomic E-state index is 14.8. The van der Waals surface area contributed by atoms with Gasteiger partial charge in [-0.1, -0.05) is 25.4 Å². The maximum atomic E-state index is 14.8. The van der Waals surface area contributed by atoms with Crippen LogP contribution in [0.15, 0.2) is 10.5 Å². The number of pyridine rings is 1. The van der Waals surface area contributed by atoms with Crippen molar-refractivity contribution in [2.75, 3.05) is 17.6 Å². The van der Waals surface area contributed by atoms with Crippen molar-refractivity contribution in [1.82, 2.24) is 9.88 Å². The molecule has 3 fully saturated rings. The second-order valence-electron chi connectivity index (χ2n) is 8.77. The molecule has 2 aliphatic heterocycles. The molecule has 1 aliphatic carbocycles. The van der Waals surface area contributed by atoms with E-state index in [-0.39, 0.29) is 40.5 Å². The minimum atomic E-state index is -0.547. The molecule has 3 N–H and O–H groups in total. The zero-order valence-corrected chi connectivity index (χ0v) is 21.0. The van der Waals surface area contributed by atoms with E-state index in [0.29, 0.717) is 22.1 Å². The fourth-order valence-electron chi connectivity index (χ4n) is 4.14. The van der Waals surface area contributed by atoms with Gasteiger partial charge in [-0.3, -0.25) is 0 Å². The summed E-state index contributed by atoms with van der Waals surface area (Å²) in [4.78, 5) is 18.4. The summed E-state index contributed by atoms with van der Waals surface area (Å²) < 4.78 is 20.6. The van der Waals surface area contributed by atoms with Crippen LogP contribution in [0, 0.1) is 18.7 Å². The number of ether oxygens (including phenoxy) is 1. The van der Waals surface area contributed by atoms with Gasteiger partial charge in [-0.15, -0.1) is 0 Å². The average molecular weight is 516 g/mol. The van der Waals surface area contributed by atoms with E-state index >= 15 is 0 Å². The summed E-state index contributed by atoms with van der Waals surface area (Å²) in [5, 5.41) is 4.05. The Hall–Kier alpha value is -1.80. The molecule has 1 aromatic heterocycles. The van der Waals surface area contributed by atoms with E-state index in [1.54, 1.807) is 11.8 Å². The lowest BCUT2D eigenvalue weighted by Gasteiger charge is -2.38. The Kier molecular flexibility index (Phi) is 6.63. The summed E-state index contributed by atoms with van der Waals surface area (Å²) in [7, 11) is 0. The number of nitrogen functional groups attached to an aromatic ring is 1. The molecular weight excluding hydrogens is 487 g/mol. The number of benzene rings is 1. The number of hydrogen-bond acceptors (Lipinski definition) is 5. The number of aryl methyl sites for hydroxylation is 1. The Morgan fingerprint density at radius 2 is 2.06 bits per heavy atom. The average Bonchev–Trinajstić information content (AvgIpc) is 3.28. The highest BCUT2D eigenvalue weighted by atomic mass is 79.9. The molecule has 0 radical (unpaired) electrons. The predicted octanol–water partition coefficient (Wildman–Crippen LogP) is 6.13. The molecule has 1 saturated carbocycles. The van der Waals surface area contributed by atoms with Crippen molar-refractivity contribution in [1.29, 1.82) is 0 Å². The molecule has 31 heavy (non-hydrogen) atoms. The third kappa shape index (κ3) is 4.29. The van der Waals surface area contributed by atoms with Gasteiger partial charge in [0.15, 0.2) is 11.0 Å². The maximum Gasteiger partial charge on any atom is 0.410 e. The third-order valence-corrected chi connectivity index (χ3v) is 6.83. The smallest absolute Gasteiger partial charge is 0.410 e. The van der Waals surface area contributed by atoms with Crippen LogP contribution >= 0.6 is 27.5 Å². The highest BCUT2D eigenvalue weighted by Gasteiger charge is 2.55. The lowest BCUT2D eigenvalue weighted by molar-refractivity contribution is 0.0239. The number of rotatable bonds is 2. The first-order chi connectivity index (χ1) is 14.5. The number of nitrogens with one attached hydrogen (secondary N) is 1. The molecule has 3 atom stereocenters. The number of fused-ring (bicyclic) bond motifs is 2. The molecule has 1 aromatic carbocycles. The first-order valence-electron chi connectivity index (χ1n) is 10.5. The molecule has 2 aromatic rings. The van der Waals surface area contributed by atoms with E-state index in [0.717, 1.165) is 12.0 Å². The molecular formula is C22H29BrClFN4O2. The molecule has 5 rings (SSSR count). The number of amides is 1. The van der Waals surface area contributed by atoms with Crippen LogP contribution in [-0.2, 0) is 4.74 Å². The van der Waals surface area contributed by atoms with Crippen molar-refractivity contribution >= 4 is 55.9 Å². The number of hydrogen-bond donors (Lipinski definition) is 2. The number of halogens is 3. The van der Waals surface area contributed by atoms with E-state index in [1.165, 1.54) is 0 Å². The summed E-state index contributed by atoms with van der Waals surface area (Å²) in [6, 6.07) is 1.83. The van der Waals surface area contributed by atoms with Crippen molar-refractivity contribution in [2.45, 2.75) is 65.6 Å². The SMILES string of the molecule is CC.Cc1cc2c(NC3C4CC3N(C(=O)OC(C)(C)C)C4)c(N)c(Cl)nc2c(F)c1Br. The van der Waals surface area contributed by atoms with Crippen molar-refractivity contribution in [3.8, 4) is 0 Å². The summed E-state index contributed by atoms with van der Waals surface area (Å²) in [5.41, 5.74) is 7.37. The Bertz CT molecular complexity index is 1030. The summed E-state index contributed by atoms with van der Waals surface area (Å²) in [6.45, 7) is 12.0. The Morgan fingerprint density at radius 3 is 2.68 bits per heavy atom. The van der Waals surface area contributed by atoms with Crippen LogP contribution in [0.3, 0.4) is 0 Å². The number of nitrogens with two attached hydrogens (primary N) is 1. The van der Waals surface area contributed by atoms with E-state index < -0.39 is 11.4 Å². The third-order valence-electron chi connectivity index (χ3n) is 5.57. The minimum absolute atomic E-state index is 0.00139. The van der Waals surface area contributed by atoms with E-state index in [2.05, 4.69) is 26.2 Å². The van der Waals surface area contributed by atoms with Gasteiger partial charge in [0, 0.05) is 17.8 Å². The number of anilines is 2. The lowest BCUT2D eigenvalue weighted by atomic mass is 9.79. The number of carbonyl (C=O) groups excluding carboxylic acids is 1. The first kappa shape index (κ1) is 23.9. The standard InChI is InChI=1S/C20H23BrClFN4O2.C2H6/c1-8-5-10-16(13(23)12(8)21)26-18(22)14(24)17(10)25-15-9-6-11(15)27(7-9)19(28)29-20(2,3)4;1-2/h5,9,11,15H,6-7,24H2,1-4H3,(H,25,26);1-2H3. The van der Waals surface area contributed by atoms with Crippen LogP contribution in [0.5, 0.6) is 0 Å². The highest BCUT2D eigenvalue weighted by molar-refractivity contribution is 9.10. The Labute approximate surface area is 195 Å². The van der Waals surface area contributed by atoms with Crippen LogP contribution in [0.25, 0.3) is 10.9 Å². The van der Waals surface area contributed by atoms with E-state index in [1.807, 2.05) is 40.7 Å². The lowest BCUT2D eigenvalue weighted by Crippen LogP contribution is -2.50. The predicted molar refractivity (Wildman–Crippen MR) is 127 cm³/mol. The van der Waals surface area contributed by atoms with E-state index in [4.69, 9.17) is 22.1 Å². The van der Waals surface area contributed by atoms with Gasteiger partial charge in [0.25, 0.3) is 0 Å². The summed E-state index contributed by atoms with van der Waals surface area (Å²) in [6.07, 6.45) is 0.581. The van der Waals surface area contributed by atoms with Crippen LogP contribution in [-0.4, -0.2) is 40.2 Å². The van der Waals surface area contributed by atoms with Gasteiger partial charge in [0.2, 0.25) is 0 Å². The van der Waals surface area contributed by atoms with Gasteiger partial charge in [-0.05, 0) is 61.7 Å². The number of nitrogens with zero attached hydrogens (tertiary/aromatic N) is 2. The van der Waals surface area contributed by atoms with Gasteiger partial charge >= 0.3 is 6.09 Å². The van der Waals surface area contributed by atoms with Gasteiger partial charge < -0.3 is 20.7 Å². The summed E-state index contributed by atoms with van der Waals surface area (Å²) >= 11 is 9.45. The van der Waals surface area contributed by atoms with Crippen LogP contribution < -0.4 is 11.1 Å². The van der Waals surface area contributed by atoms with Gasteiger partial charge in [-0.2, -0.15) is 0 Å². The zero-order valence-electron chi connectivity index (χ0n) is 18.6. The largest absolute Gasteiger partial charge is 0.444 e. The molecule has 1 amide bonds. The Morgan fingerprint density at radius 1 is 1.42 bits per heavy atom. The zero-order chi connectivity index (χ0) is 23.2. The molecule has 0 spiro atoms. The van der Waals surface area contributed by atoms with E-state index in [9.17, 15) is 9.18 Å². The molecule has 2 bridgehead atoms. The van der Waals surface area contributed by atoms with Crippen LogP contribution in [0.1, 0.15) is 46.6 Å². The topological polar surface area (TPSA) is 80.5 Å². The monoisotopic (exact) mass is 514 g/mol. The van der Waals surface area contributed by atoms with Gasteiger partial charge in [0.1, 0.15) is 11.1 Å². The second-order valence-corrected chi connectivity index (χ2v) is 9.93. The molecule has 6 nitrogen and oxygen atoms in total. The number of carbonyl (C=O) groups is 1. The fourth-order valence-corrected chi connectivity index (χ4v) is 4.62. The first-order valence-corrected chi connectivity index (χ1v) is 11.6. The highest BCUT2D eigenvalue weighted by Crippen LogP contribution is 2.46. The molecule has 3 unspecified atom stereocenters. The molecule has 3 heterocycles. The Balaban J connectivity index is 0.00000132. The number of aromatic nitrogens is 1. The molecule has 2 saturated heterocycles. The van der Waals surface area contributed by atoms with Crippen molar-refractivity contribution in [2.24, 2.45) is 5.92 Å². The fraction of sp³-hybridized carbons (Fsp3) is 0.545. The molecule has 170 valence electrons. The normalized spacial score (nSPS) is 22.0. The van der Waals surface area contributed by atoms with Crippen molar-refractivity contribution in [3.05, 3.63) is 27.1 Å². The molecule has 3 aliphatic rings. The molecule has 9 heteroatoms. The quantitative estimate of drug-likeness (QED) is 0.471. The van der Waals surface area contributed by atoms with Gasteiger partial charge in [-0.25, -0.2) is 14.2 Å². The van der Waals surface area contributed by atoms with Crippen molar-refractivity contribution < 1.29 is 13.9 Å². The minimum Gasteiger partial charge on any atom is -0.444 e. The van der Waals surface area contributed by atoms with Crippen molar-refractivity contribution in [3.63, 3.8) is 0 Å². The summed E-state index contributed by atoms with van der Waals surface area (Å²) in [5.74, 6) is -0.202. The van der Waals surface area contributed by atoms with Crippen LogP contribution in [0.2, 0.25) is 5.15 Å². The van der Waals surface area contributed by atoms with Gasteiger partial charge in [0.05, 0.1) is 27.9 Å². The second kappa shape index (κ2) is 8.62.